The van der Waals surface area contributed by atoms with Gasteiger partial charge in [-0.3, -0.25) is 0 Å². The monoisotopic (exact) mass is 257 g/mol. The third kappa shape index (κ3) is 2.68. The number of benzene rings is 1. The highest BCUT2D eigenvalue weighted by atomic mass is 16.5. The molecule has 1 aliphatic rings. The Labute approximate surface area is 113 Å². The van der Waals surface area contributed by atoms with Crippen molar-refractivity contribution in [1.82, 2.24) is 10.2 Å². The number of rotatable bonds is 6. The number of hydrogen-bond donors (Lipinski definition) is 1. The molecular formula is C15H19N3O. The average Bonchev–Trinajstić information content (AvgIpc) is 3.23. The highest BCUT2D eigenvalue weighted by Crippen LogP contribution is 2.48. The number of fused-ring (bicyclic) bond motifs is 1. The first-order valence-electron chi connectivity index (χ1n) is 6.76. The zero-order valence-electron chi connectivity index (χ0n) is 11.2. The number of nitrogens with one attached hydrogen (secondary N) is 1. The molecule has 1 aromatic heterocycles. The molecule has 0 atom stereocenters. The van der Waals surface area contributed by atoms with Crippen molar-refractivity contribution in [3.8, 4) is 0 Å². The number of ether oxygens (including phenoxy) is 1. The van der Waals surface area contributed by atoms with E-state index < -0.39 is 0 Å². The van der Waals surface area contributed by atoms with Gasteiger partial charge in [0.15, 0.2) is 0 Å². The molecule has 0 amide bonds. The Kier molecular flexibility index (Phi) is 3.34. The standard InChI is InChI=1S/C15H19N3O/c1-19-9-8-15(6-7-15)11-16-14-10-17-18-13-5-3-2-4-12(13)14/h2-5,10H,6-9,11H2,1H3,(H,16,18). The molecule has 1 fully saturated rings. The lowest BCUT2D eigenvalue weighted by Gasteiger charge is -2.17. The van der Waals surface area contributed by atoms with E-state index in [4.69, 9.17) is 4.74 Å². The van der Waals surface area contributed by atoms with Crippen LogP contribution < -0.4 is 5.32 Å². The van der Waals surface area contributed by atoms with Crippen molar-refractivity contribution >= 4 is 16.6 Å². The molecule has 0 unspecified atom stereocenters. The minimum atomic E-state index is 0.431. The van der Waals surface area contributed by atoms with Crippen LogP contribution in [0.15, 0.2) is 30.5 Å². The number of anilines is 1. The lowest BCUT2D eigenvalue weighted by atomic mass is 10.0. The maximum atomic E-state index is 5.19. The first kappa shape index (κ1) is 12.4. The van der Waals surface area contributed by atoms with Gasteiger partial charge in [0, 0.05) is 25.6 Å². The molecule has 100 valence electrons. The van der Waals surface area contributed by atoms with E-state index in [9.17, 15) is 0 Å². The Morgan fingerprint density at radius 3 is 2.95 bits per heavy atom. The Balaban J connectivity index is 1.72. The normalized spacial score (nSPS) is 16.5. The average molecular weight is 257 g/mol. The topological polar surface area (TPSA) is 47.0 Å². The molecule has 4 nitrogen and oxygen atoms in total. The molecule has 19 heavy (non-hydrogen) atoms. The van der Waals surface area contributed by atoms with Gasteiger partial charge in [0.05, 0.1) is 17.4 Å². The van der Waals surface area contributed by atoms with Crippen LogP contribution in [-0.4, -0.2) is 30.5 Å². The third-order valence-corrected chi connectivity index (χ3v) is 3.99. The summed E-state index contributed by atoms with van der Waals surface area (Å²) in [5.41, 5.74) is 2.45. The van der Waals surface area contributed by atoms with E-state index in [-0.39, 0.29) is 0 Å². The van der Waals surface area contributed by atoms with Crippen molar-refractivity contribution in [2.45, 2.75) is 19.3 Å². The second-order valence-corrected chi connectivity index (χ2v) is 5.37. The maximum Gasteiger partial charge on any atom is 0.0950 e. The van der Waals surface area contributed by atoms with Gasteiger partial charge in [-0.2, -0.15) is 10.2 Å². The van der Waals surface area contributed by atoms with Crippen LogP contribution >= 0.6 is 0 Å². The second kappa shape index (κ2) is 5.13. The Bertz CT molecular complexity index is 561. The van der Waals surface area contributed by atoms with Crippen LogP contribution in [0, 0.1) is 5.41 Å². The minimum absolute atomic E-state index is 0.431. The number of hydrogen-bond acceptors (Lipinski definition) is 4. The molecule has 0 radical (unpaired) electrons. The molecule has 1 aromatic carbocycles. The molecule has 0 aliphatic heterocycles. The largest absolute Gasteiger partial charge is 0.385 e. The summed E-state index contributed by atoms with van der Waals surface area (Å²) in [4.78, 5) is 0. The van der Waals surface area contributed by atoms with Gasteiger partial charge in [-0.05, 0) is 30.7 Å². The van der Waals surface area contributed by atoms with Crippen molar-refractivity contribution in [2.24, 2.45) is 5.41 Å². The molecule has 3 rings (SSSR count). The van der Waals surface area contributed by atoms with Gasteiger partial charge in [0.25, 0.3) is 0 Å². The highest BCUT2D eigenvalue weighted by Gasteiger charge is 2.41. The fraction of sp³-hybridized carbons (Fsp3) is 0.467. The molecular weight excluding hydrogens is 238 g/mol. The molecule has 1 aliphatic carbocycles. The van der Waals surface area contributed by atoms with Crippen LogP contribution in [0.1, 0.15) is 19.3 Å². The Morgan fingerprint density at radius 1 is 1.32 bits per heavy atom. The summed E-state index contributed by atoms with van der Waals surface area (Å²) in [5.74, 6) is 0. The molecule has 0 bridgehead atoms. The van der Waals surface area contributed by atoms with E-state index in [1.807, 2.05) is 24.4 Å². The summed E-state index contributed by atoms with van der Waals surface area (Å²) in [7, 11) is 1.77. The Morgan fingerprint density at radius 2 is 2.16 bits per heavy atom. The van der Waals surface area contributed by atoms with Crippen LogP contribution in [0.4, 0.5) is 5.69 Å². The van der Waals surface area contributed by atoms with Crippen molar-refractivity contribution in [3.05, 3.63) is 30.5 Å². The zero-order valence-corrected chi connectivity index (χ0v) is 11.2. The predicted molar refractivity (Wildman–Crippen MR) is 76.2 cm³/mol. The number of methoxy groups -OCH3 is 1. The summed E-state index contributed by atoms with van der Waals surface area (Å²) < 4.78 is 5.19. The SMILES string of the molecule is COCCC1(CNc2cnnc3ccccc23)CC1. The van der Waals surface area contributed by atoms with Gasteiger partial charge in [0.2, 0.25) is 0 Å². The van der Waals surface area contributed by atoms with Crippen LogP contribution in [0.25, 0.3) is 10.9 Å². The van der Waals surface area contributed by atoms with Gasteiger partial charge >= 0.3 is 0 Å². The number of aromatic nitrogens is 2. The maximum absolute atomic E-state index is 5.19. The second-order valence-electron chi connectivity index (χ2n) is 5.37. The van der Waals surface area contributed by atoms with Gasteiger partial charge in [-0.25, -0.2) is 0 Å². The summed E-state index contributed by atoms with van der Waals surface area (Å²) >= 11 is 0. The van der Waals surface area contributed by atoms with Crippen LogP contribution in [0.3, 0.4) is 0 Å². The van der Waals surface area contributed by atoms with Gasteiger partial charge in [-0.1, -0.05) is 18.2 Å². The van der Waals surface area contributed by atoms with E-state index in [2.05, 4.69) is 21.6 Å². The summed E-state index contributed by atoms with van der Waals surface area (Å²) in [5, 5.41) is 12.9. The van der Waals surface area contributed by atoms with Gasteiger partial charge < -0.3 is 10.1 Å². The first-order valence-corrected chi connectivity index (χ1v) is 6.76. The lowest BCUT2D eigenvalue weighted by Crippen LogP contribution is -2.17. The molecule has 1 saturated carbocycles. The van der Waals surface area contributed by atoms with Gasteiger partial charge in [0.1, 0.15) is 0 Å². The van der Waals surface area contributed by atoms with E-state index >= 15 is 0 Å². The lowest BCUT2D eigenvalue weighted by molar-refractivity contribution is 0.175. The molecule has 0 saturated heterocycles. The summed E-state index contributed by atoms with van der Waals surface area (Å²) in [6.07, 6.45) is 5.53. The first-order chi connectivity index (χ1) is 9.33. The molecule has 4 heteroatoms. The molecule has 1 N–H and O–H groups in total. The minimum Gasteiger partial charge on any atom is -0.385 e. The van der Waals surface area contributed by atoms with Crippen molar-refractivity contribution in [1.29, 1.82) is 0 Å². The molecule has 1 heterocycles. The fourth-order valence-corrected chi connectivity index (χ4v) is 2.44. The Hall–Kier alpha value is -1.68. The highest BCUT2D eigenvalue weighted by molar-refractivity contribution is 5.90. The fourth-order valence-electron chi connectivity index (χ4n) is 2.44. The van der Waals surface area contributed by atoms with Crippen molar-refractivity contribution in [3.63, 3.8) is 0 Å². The molecule has 2 aromatic rings. The van der Waals surface area contributed by atoms with E-state index in [1.54, 1.807) is 7.11 Å². The van der Waals surface area contributed by atoms with E-state index in [0.717, 1.165) is 36.2 Å². The summed E-state index contributed by atoms with van der Waals surface area (Å²) in [6.45, 7) is 1.84. The smallest absolute Gasteiger partial charge is 0.0950 e. The zero-order chi connectivity index (χ0) is 13.1. The summed E-state index contributed by atoms with van der Waals surface area (Å²) in [6, 6.07) is 8.10. The van der Waals surface area contributed by atoms with Crippen LogP contribution in [0.2, 0.25) is 0 Å². The van der Waals surface area contributed by atoms with Crippen LogP contribution in [-0.2, 0) is 4.74 Å². The van der Waals surface area contributed by atoms with Crippen LogP contribution in [0.5, 0.6) is 0 Å². The third-order valence-electron chi connectivity index (χ3n) is 3.99. The predicted octanol–water partition coefficient (Wildman–Crippen LogP) is 2.86. The van der Waals surface area contributed by atoms with E-state index in [1.165, 1.54) is 12.8 Å². The number of nitrogens with zero attached hydrogens (tertiary/aromatic N) is 2. The van der Waals surface area contributed by atoms with E-state index in [0.29, 0.717) is 5.41 Å². The van der Waals surface area contributed by atoms with Gasteiger partial charge in [-0.15, -0.1) is 0 Å². The van der Waals surface area contributed by atoms with Crippen molar-refractivity contribution in [2.75, 3.05) is 25.6 Å². The van der Waals surface area contributed by atoms with Crippen molar-refractivity contribution < 1.29 is 4.74 Å². The molecule has 0 spiro atoms. The quantitative estimate of drug-likeness (QED) is 0.864.